The van der Waals surface area contributed by atoms with Gasteiger partial charge in [0, 0.05) is 26.9 Å². The monoisotopic (exact) mass is 1160 g/mol. The molecule has 0 N–H and O–H groups in total. The van der Waals surface area contributed by atoms with Gasteiger partial charge in [-0.15, -0.1) is 23.1 Å². The number of methoxy groups -OCH3 is 2. The van der Waals surface area contributed by atoms with Gasteiger partial charge in [-0.3, -0.25) is 4.98 Å². The summed E-state index contributed by atoms with van der Waals surface area (Å²) < 4.78 is 74.4. The SMILES string of the molecule is CC(C)/C=C/c1ccc(OC(F)F)cc1.CC(C)/C=C/c1ccc(SC(F)(F)F)cc1.CC(C)/C=C/c1ccccn1.CC(C)/C=C/c1cccs1.COc1cc(/C=C/C(C)C)cc(OC)c1.CSc1ccc(/C=C/C(C)C)cc1. The van der Waals surface area contributed by atoms with Crippen LogP contribution in [0, 0.1) is 35.5 Å². The molecule has 0 saturated carbocycles. The molecule has 0 radical (unpaired) electrons. The molecule has 80 heavy (non-hydrogen) atoms. The van der Waals surface area contributed by atoms with Crippen LogP contribution in [0.3, 0.4) is 0 Å². The zero-order valence-corrected chi connectivity index (χ0v) is 51.9. The van der Waals surface area contributed by atoms with Crippen molar-refractivity contribution >= 4 is 71.3 Å². The van der Waals surface area contributed by atoms with Crippen molar-refractivity contribution < 1.29 is 36.2 Å². The van der Waals surface area contributed by atoms with E-state index in [1.165, 1.54) is 39.6 Å². The van der Waals surface area contributed by atoms with E-state index in [0.717, 1.165) is 33.9 Å². The molecule has 2 heterocycles. The Labute approximate surface area is 490 Å². The highest BCUT2D eigenvalue weighted by molar-refractivity contribution is 8.00. The third kappa shape index (κ3) is 39.3. The molecule has 12 heteroatoms. The van der Waals surface area contributed by atoms with Gasteiger partial charge in [-0.2, -0.15) is 22.0 Å². The minimum Gasteiger partial charge on any atom is -0.497 e. The molecule has 0 spiro atoms. The molecule has 0 aliphatic carbocycles. The molecule has 6 rings (SSSR count). The number of nitrogens with zero attached hydrogens (tertiary/aromatic N) is 1. The predicted molar refractivity (Wildman–Crippen MR) is 341 cm³/mol. The van der Waals surface area contributed by atoms with Gasteiger partial charge in [-0.05, 0) is 160 Å². The van der Waals surface area contributed by atoms with Crippen LogP contribution >= 0.6 is 34.9 Å². The third-order valence-corrected chi connectivity index (χ3v) is 12.3. The van der Waals surface area contributed by atoms with Crippen molar-refractivity contribution in [3.63, 3.8) is 0 Å². The summed E-state index contributed by atoms with van der Waals surface area (Å²) in [4.78, 5) is 7.04. The quantitative estimate of drug-likeness (QED) is 0.0631. The maximum absolute atomic E-state index is 12.0. The predicted octanol–water partition coefficient (Wildman–Crippen LogP) is 22.5. The summed E-state index contributed by atoms with van der Waals surface area (Å²) in [6.45, 7) is 22.8. The molecule has 0 bridgehead atoms. The first-order valence-corrected chi connectivity index (χ1v) is 29.6. The summed E-state index contributed by atoms with van der Waals surface area (Å²) >= 11 is 3.47. The van der Waals surface area contributed by atoms with E-state index in [0.29, 0.717) is 35.5 Å². The van der Waals surface area contributed by atoms with E-state index >= 15 is 0 Å². The highest BCUT2D eigenvalue weighted by Crippen LogP contribution is 2.37. The average molecular weight is 1160 g/mol. The van der Waals surface area contributed by atoms with Crippen LogP contribution < -0.4 is 14.2 Å². The second-order valence-electron chi connectivity index (χ2n) is 19.9. The van der Waals surface area contributed by atoms with Crippen LogP contribution in [0.15, 0.2) is 179 Å². The van der Waals surface area contributed by atoms with E-state index in [1.54, 1.807) is 67.8 Å². The molecule has 6 aromatic rings. The Morgan fingerprint density at radius 2 is 0.875 bits per heavy atom. The number of ether oxygens (including phenoxy) is 3. The number of pyridine rings is 1. The largest absolute Gasteiger partial charge is 0.497 e. The lowest BCUT2D eigenvalue weighted by Crippen LogP contribution is -2.01. The van der Waals surface area contributed by atoms with Gasteiger partial charge in [0.25, 0.3) is 0 Å². The topological polar surface area (TPSA) is 40.6 Å². The van der Waals surface area contributed by atoms with Crippen molar-refractivity contribution in [2.45, 2.75) is 105 Å². The summed E-state index contributed by atoms with van der Waals surface area (Å²) in [5.41, 5.74) is 1.09. The fraction of sp³-hybridized carbons (Fsp3) is 0.338. The Morgan fingerprint density at radius 1 is 0.463 bits per heavy atom. The summed E-state index contributed by atoms with van der Waals surface area (Å²) in [5, 5.41) is 2.10. The van der Waals surface area contributed by atoms with Crippen molar-refractivity contribution in [3.8, 4) is 17.2 Å². The highest BCUT2D eigenvalue weighted by atomic mass is 32.2. The fourth-order valence-electron chi connectivity index (χ4n) is 5.83. The molecule has 0 amide bonds. The van der Waals surface area contributed by atoms with Crippen molar-refractivity contribution in [3.05, 3.63) is 202 Å². The standard InChI is InChI=1S/C13H18O2.C12H13F3S.C12H14F2O.C12H16S.C10H13N.C9H12S/c1-10(2)5-6-11-7-12(14-3)9-13(8-11)15-4;1-9(2)3-4-10-5-7-11(8-6-10)16-12(13,14)15;1-9(2)3-4-10-5-7-11(8-6-10)15-12(13)14;1-10(2)4-5-11-6-8-12(13-3)9-7-11;1-9(2)6-7-10-5-3-4-8-11-10;1-8(2)5-6-9-4-3-7-10-9/h5-10H,1-4H3;3-9H,1-2H3;3-9,12H,1-2H3;4-10H,1-3H3;3-9H,1-2H3;3-8H,1-2H3/b6-5+;2*4-3+;5-4+;7-6+;6-5+. The molecular formula is C68H86F5NO3S3. The molecule has 0 atom stereocenters. The molecule has 4 nitrogen and oxygen atoms in total. The molecule has 4 aromatic carbocycles. The Kier molecular flexibility index (Phi) is 37.6. The van der Waals surface area contributed by atoms with Gasteiger partial charge in [-0.1, -0.05) is 192 Å². The first-order valence-electron chi connectivity index (χ1n) is 26.7. The molecular weight excluding hydrogens is 1070 g/mol. The van der Waals surface area contributed by atoms with Crippen molar-refractivity contribution in [1.82, 2.24) is 4.98 Å². The molecule has 0 aliphatic heterocycles. The third-order valence-electron chi connectivity index (χ3n) is 9.93. The zero-order chi connectivity index (χ0) is 59.9. The number of halogens is 5. The maximum atomic E-state index is 12.0. The average Bonchev–Trinajstić information content (AvgIpc) is 3.95. The van der Waals surface area contributed by atoms with Gasteiger partial charge in [-0.25, -0.2) is 0 Å². The van der Waals surface area contributed by atoms with Gasteiger partial charge in [0.05, 0.1) is 19.9 Å². The number of benzene rings is 4. The Hall–Kier alpha value is -6.08. The van der Waals surface area contributed by atoms with Gasteiger partial charge >= 0.3 is 12.1 Å². The van der Waals surface area contributed by atoms with Crippen molar-refractivity contribution in [2.24, 2.45) is 35.5 Å². The van der Waals surface area contributed by atoms with Gasteiger partial charge in [0.15, 0.2) is 0 Å². The van der Waals surface area contributed by atoms with E-state index in [1.807, 2.05) is 80.6 Å². The Bertz CT molecular complexity index is 2650. The van der Waals surface area contributed by atoms with Gasteiger partial charge < -0.3 is 14.2 Å². The van der Waals surface area contributed by atoms with Crippen LogP contribution in [0.25, 0.3) is 36.5 Å². The summed E-state index contributed by atoms with van der Waals surface area (Å²) in [6, 6.07) is 37.5. The smallest absolute Gasteiger partial charge is 0.446 e. The fourth-order valence-corrected chi connectivity index (χ4v) is 7.41. The van der Waals surface area contributed by atoms with E-state index < -0.39 is 12.1 Å². The summed E-state index contributed by atoms with van der Waals surface area (Å²) in [6.07, 6.45) is 29.0. The molecule has 0 aliphatic rings. The highest BCUT2D eigenvalue weighted by Gasteiger charge is 2.29. The number of hydrogen-bond acceptors (Lipinski definition) is 7. The molecule has 0 unspecified atom stereocenters. The normalized spacial score (nSPS) is 11.6. The lowest BCUT2D eigenvalue weighted by Gasteiger charge is -2.06. The molecule has 2 aromatic heterocycles. The van der Waals surface area contributed by atoms with Crippen molar-refractivity contribution in [1.29, 1.82) is 0 Å². The minimum atomic E-state index is -4.21. The van der Waals surface area contributed by atoms with E-state index in [-0.39, 0.29) is 22.4 Å². The number of aromatic nitrogens is 1. The number of allylic oxidation sites excluding steroid dienone is 6. The second kappa shape index (κ2) is 41.9. The first kappa shape index (κ1) is 71.9. The van der Waals surface area contributed by atoms with Crippen LogP contribution in [-0.2, 0) is 0 Å². The number of alkyl halides is 5. The number of hydrogen-bond donors (Lipinski definition) is 0. The van der Waals surface area contributed by atoms with Crippen LogP contribution in [0.2, 0.25) is 0 Å². The number of thiophene rings is 1. The summed E-state index contributed by atoms with van der Waals surface area (Å²) in [7, 11) is 3.31. The van der Waals surface area contributed by atoms with E-state index in [9.17, 15) is 22.0 Å². The first-order chi connectivity index (χ1) is 37.9. The second-order valence-corrected chi connectivity index (χ2v) is 22.9. The Balaban J connectivity index is 0.000000483. The minimum absolute atomic E-state index is 0.0903. The summed E-state index contributed by atoms with van der Waals surface area (Å²) in [5.74, 6) is 5.15. The number of thioether (sulfide) groups is 2. The van der Waals surface area contributed by atoms with Crippen LogP contribution in [-0.4, -0.2) is 37.6 Å². The van der Waals surface area contributed by atoms with Crippen LogP contribution in [0.1, 0.15) is 116 Å². The Morgan fingerprint density at radius 3 is 1.24 bits per heavy atom. The van der Waals surface area contributed by atoms with Crippen LogP contribution in [0.5, 0.6) is 17.2 Å². The maximum Gasteiger partial charge on any atom is 0.446 e. The van der Waals surface area contributed by atoms with Gasteiger partial charge in [0.2, 0.25) is 0 Å². The molecule has 0 fully saturated rings. The lowest BCUT2D eigenvalue weighted by atomic mass is 10.1. The molecule has 0 saturated heterocycles. The van der Waals surface area contributed by atoms with E-state index in [2.05, 4.69) is 170 Å². The number of rotatable bonds is 18. The van der Waals surface area contributed by atoms with Crippen molar-refractivity contribution in [2.75, 3.05) is 20.5 Å². The van der Waals surface area contributed by atoms with E-state index in [4.69, 9.17) is 9.47 Å². The van der Waals surface area contributed by atoms with Gasteiger partial charge in [0.1, 0.15) is 17.2 Å². The zero-order valence-electron chi connectivity index (χ0n) is 49.5. The van der Waals surface area contributed by atoms with Crippen LogP contribution in [0.4, 0.5) is 22.0 Å². The molecule has 434 valence electrons. The lowest BCUT2D eigenvalue weighted by molar-refractivity contribution is -0.0498.